The number of imidazole rings is 1. The van der Waals surface area contributed by atoms with E-state index in [-0.39, 0.29) is 9.79 Å². The first kappa shape index (κ1) is 23.3. The maximum atomic E-state index is 13.5. The lowest BCUT2D eigenvalue weighted by molar-refractivity contribution is 0.340. The number of rotatable bonds is 6. The van der Waals surface area contributed by atoms with Crippen LogP contribution in [0, 0.1) is 12.8 Å². The molecule has 0 radical (unpaired) electrons. The van der Waals surface area contributed by atoms with E-state index < -0.39 is 9.84 Å². The molecule has 6 nitrogen and oxygen atoms in total. The molecule has 1 N–H and O–H groups in total. The van der Waals surface area contributed by atoms with Crippen molar-refractivity contribution in [3.63, 3.8) is 0 Å². The monoisotopic (exact) mass is 516 g/mol. The van der Waals surface area contributed by atoms with Crippen molar-refractivity contribution in [3.05, 3.63) is 71.7 Å². The van der Waals surface area contributed by atoms with E-state index in [1.54, 1.807) is 29.6 Å². The summed E-state index contributed by atoms with van der Waals surface area (Å²) in [6.07, 6.45) is 3.43. The highest BCUT2D eigenvalue weighted by atomic mass is 32.2. The third kappa shape index (κ3) is 4.03. The second-order valence-corrected chi connectivity index (χ2v) is 12.2. The number of nitrogens with zero attached hydrogens (tertiary/aromatic N) is 3. The van der Waals surface area contributed by atoms with Gasteiger partial charge in [0.25, 0.3) is 0 Å². The van der Waals surface area contributed by atoms with Crippen LogP contribution in [0.1, 0.15) is 25.0 Å². The Hall–Kier alpha value is -3.07. The first-order valence-electron chi connectivity index (χ1n) is 12.4. The number of hydrogen-bond donors (Lipinski definition) is 1. The van der Waals surface area contributed by atoms with E-state index in [0.29, 0.717) is 11.4 Å². The lowest BCUT2D eigenvalue weighted by atomic mass is 9.94. The number of aromatic nitrogens is 3. The van der Waals surface area contributed by atoms with Crippen molar-refractivity contribution in [2.75, 3.05) is 13.1 Å². The molecule has 2 aromatic carbocycles. The highest BCUT2D eigenvalue weighted by molar-refractivity contribution is 7.92. The van der Waals surface area contributed by atoms with Gasteiger partial charge in [0.15, 0.2) is 0 Å². The number of sulfone groups is 1. The molecular weight excluding hydrogens is 488 g/mol. The van der Waals surface area contributed by atoms with Crippen LogP contribution in [0.25, 0.3) is 32.6 Å². The molecule has 0 atom stereocenters. The van der Waals surface area contributed by atoms with Crippen molar-refractivity contribution >= 4 is 42.4 Å². The second-order valence-electron chi connectivity index (χ2n) is 9.42. The Bertz CT molecular complexity index is 1640. The number of thiophene rings is 1. The van der Waals surface area contributed by atoms with Crippen molar-refractivity contribution in [1.29, 1.82) is 0 Å². The van der Waals surface area contributed by atoms with Crippen molar-refractivity contribution < 1.29 is 8.42 Å². The van der Waals surface area contributed by atoms with E-state index in [1.807, 2.05) is 31.2 Å². The van der Waals surface area contributed by atoms with E-state index in [2.05, 4.69) is 22.0 Å². The fraction of sp³-hybridized carbons (Fsp3) is 0.286. The Morgan fingerprint density at radius 2 is 1.67 bits per heavy atom. The van der Waals surface area contributed by atoms with E-state index in [1.165, 1.54) is 24.2 Å². The summed E-state index contributed by atoms with van der Waals surface area (Å²) in [7, 11) is -3.68. The Morgan fingerprint density at radius 1 is 0.972 bits per heavy atom. The van der Waals surface area contributed by atoms with Gasteiger partial charge in [-0.05, 0) is 57.3 Å². The fourth-order valence-corrected chi connectivity index (χ4v) is 8.00. The summed E-state index contributed by atoms with van der Waals surface area (Å²) in [4.78, 5) is 10.4. The van der Waals surface area contributed by atoms with Gasteiger partial charge in [0.2, 0.25) is 9.84 Å². The van der Waals surface area contributed by atoms with Crippen LogP contribution in [0.4, 0.5) is 0 Å². The predicted octanol–water partition coefficient (Wildman–Crippen LogP) is 5.84. The molecular formula is C28H28N4O2S2. The van der Waals surface area contributed by atoms with E-state index in [0.717, 1.165) is 58.9 Å². The smallest absolute Gasteiger partial charge is 0.209 e. The maximum Gasteiger partial charge on any atom is 0.209 e. The standard InChI is InChI=1S/C28H28N4O2S2/c1-19-24-26(27-25(30-19)23(18-35-27)36(33,34)22-10-6-3-7-11-22)32(17-14-20-12-15-29-16-13-20)28(31-24)21-8-4-2-5-9-21/h2-11,18,20,29H,12-17H2,1H3. The normalized spacial score (nSPS) is 15.1. The van der Waals surface area contributed by atoms with E-state index in [4.69, 9.17) is 9.97 Å². The van der Waals surface area contributed by atoms with E-state index in [9.17, 15) is 8.42 Å². The summed E-state index contributed by atoms with van der Waals surface area (Å²) in [5, 5.41) is 5.20. The highest BCUT2D eigenvalue weighted by Gasteiger charge is 2.27. The quantitative estimate of drug-likeness (QED) is 0.307. The molecule has 0 unspecified atom stereocenters. The molecule has 1 aliphatic rings. The van der Waals surface area contributed by atoms with Crippen LogP contribution in [0.2, 0.25) is 0 Å². The third-order valence-corrected chi connectivity index (χ3v) is 10.0. The summed E-state index contributed by atoms with van der Waals surface area (Å²) < 4.78 is 30.3. The Labute approximate surface area is 214 Å². The maximum absolute atomic E-state index is 13.5. The van der Waals surface area contributed by atoms with Gasteiger partial charge in [-0.1, -0.05) is 48.5 Å². The van der Waals surface area contributed by atoms with Gasteiger partial charge in [0.05, 0.1) is 20.8 Å². The van der Waals surface area contributed by atoms with Gasteiger partial charge < -0.3 is 9.88 Å². The second kappa shape index (κ2) is 9.42. The lowest BCUT2D eigenvalue weighted by Gasteiger charge is -2.23. The van der Waals surface area contributed by atoms with Gasteiger partial charge in [-0.25, -0.2) is 18.4 Å². The zero-order chi connectivity index (χ0) is 24.7. The number of nitrogens with one attached hydrogen (secondary N) is 1. The van der Waals surface area contributed by atoms with Gasteiger partial charge in [-0.15, -0.1) is 11.3 Å². The predicted molar refractivity (Wildman–Crippen MR) is 145 cm³/mol. The molecule has 0 bridgehead atoms. The summed E-state index contributed by atoms with van der Waals surface area (Å²) in [6.45, 7) is 4.90. The molecule has 1 aliphatic heterocycles. The first-order valence-corrected chi connectivity index (χ1v) is 14.7. The summed E-state index contributed by atoms with van der Waals surface area (Å²) in [5.74, 6) is 1.58. The van der Waals surface area contributed by atoms with Gasteiger partial charge in [0, 0.05) is 17.5 Å². The minimum atomic E-state index is -3.68. The average Bonchev–Trinajstić information content (AvgIpc) is 3.51. The summed E-state index contributed by atoms with van der Waals surface area (Å²) in [5.41, 5.74) is 4.18. The highest BCUT2D eigenvalue weighted by Crippen LogP contribution is 2.39. The minimum absolute atomic E-state index is 0.270. The molecule has 3 aromatic heterocycles. The molecule has 5 aromatic rings. The fourth-order valence-electron chi connectivity index (χ4n) is 5.19. The molecule has 0 saturated carbocycles. The van der Waals surface area contributed by atoms with Crippen LogP contribution < -0.4 is 5.32 Å². The average molecular weight is 517 g/mol. The Kier molecular flexibility index (Phi) is 6.11. The molecule has 0 aliphatic carbocycles. The van der Waals surface area contributed by atoms with Crippen molar-refractivity contribution in [1.82, 2.24) is 19.9 Å². The largest absolute Gasteiger partial charge is 0.323 e. The van der Waals surface area contributed by atoms with Gasteiger partial charge in [-0.2, -0.15) is 0 Å². The molecule has 6 rings (SSSR count). The molecule has 0 amide bonds. The number of hydrogen-bond acceptors (Lipinski definition) is 6. The van der Waals surface area contributed by atoms with Gasteiger partial charge in [-0.3, -0.25) is 0 Å². The molecule has 0 spiro atoms. The van der Waals surface area contributed by atoms with Crippen LogP contribution in [0.15, 0.2) is 75.8 Å². The van der Waals surface area contributed by atoms with E-state index >= 15 is 0 Å². The molecule has 8 heteroatoms. The van der Waals surface area contributed by atoms with Crippen LogP contribution in [0.5, 0.6) is 0 Å². The third-order valence-electron chi connectivity index (χ3n) is 7.13. The number of fused-ring (bicyclic) bond motifs is 3. The molecule has 184 valence electrons. The van der Waals surface area contributed by atoms with Crippen LogP contribution in [-0.4, -0.2) is 36.0 Å². The number of pyridine rings is 1. The zero-order valence-corrected chi connectivity index (χ0v) is 21.8. The lowest BCUT2D eigenvalue weighted by Crippen LogP contribution is -2.28. The number of aryl methyl sites for hydroxylation is 2. The van der Waals surface area contributed by atoms with Crippen LogP contribution in [0.3, 0.4) is 0 Å². The molecule has 4 heterocycles. The van der Waals surface area contributed by atoms with Gasteiger partial charge in [0.1, 0.15) is 21.8 Å². The van der Waals surface area contributed by atoms with Crippen molar-refractivity contribution in [2.45, 2.75) is 42.5 Å². The molecule has 36 heavy (non-hydrogen) atoms. The van der Waals surface area contributed by atoms with Crippen molar-refractivity contribution in [3.8, 4) is 11.4 Å². The molecule has 1 saturated heterocycles. The SMILES string of the molecule is Cc1nc2c(S(=O)(=O)c3ccccc3)csc2c2c1nc(-c1ccccc1)n2CCC1CCNCC1. The Morgan fingerprint density at radius 3 is 2.39 bits per heavy atom. The van der Waals surface area contributed by atoms with Crippen molar-refractivity contribution in [2.24, 2.45) is 5.92 Å². The summed E-state index contributed by atoms with van der Waals surface area (Å²) >= 11 is 1.45. The minimum Gasteiger partial charge on any atom is -0.323 e. The van der Waals surface area contributed by atoms with Gasteiger partial charge >= 0.3 is 0 Å². The molecule has 1 fully saturated rings. The Balaban J connectivity index is 1.55. The first-order chi connectivity index (χ1) is 17.5. The zero-order valence-electron chi connectivity index (χ0n) is 20.1. The topological polar surface area (TPSA) is 76.9 Å². The van der Waals surface area contributed by atoms with Crippen LogP contribution >= 0.6 is 11.3 Å². The van der Waals surface area contributed by atoms with Crippen LogP contribution in [-0.2, 0) is 16.4 Å². The number of piperidine rings is 1. The number of benzene rings is 2. The summed E-state index contributed by atoms with van der Waals surface area (Å²) in [6, 6.07) is 18.8.